The SMILES string of the molecule is CC(Sc1nnc(C(C)C)o1)C(=O)Nc1cc(S(=O)(=O)N2CCCCC2)ccc1Cl. The number of aromatic nitrogens is 2. The summed E-state index contributed by atoms with van der Waals surface area (Å²) in [5.74, 6) is 0.252. The van der Waals surface area contributed by atoms with Crippen LogP contribution in [-0.2, 0) is 14.8 Å². The second-order valence-corrected chi connectivity index (χ2v) is 11.1. The number of thioether (sulfide) groups is 1. The first-order valence-electron chi connectivity index (χ1n) is 9.79. The van der Waals surface area contributed by atoms with Gasteiger partial charge in [0, 0.05) is 19.0 Å². The van der Waals surface area contributed by atoms with E-state index in [1.807, 2.05) is 13.8 Å². The molecule has 11 heteroatoms. The van der Waals surface area contributed by atoms with Crippen molar-refractivity contribution in [2.24, 2.45) is 0 Å². The third-order valence-corrected chi connectivity index (χ3v) is 7.87. The Kier molecular flexibility index (Phi) is 7.43. The highest BCUT2D eigenvalue weighted by Gasteiger charge is 2.27. The topological polar surface area (TPSA) is 105 Å². The predicted octanol–water partition coefficient (Wildman–Crippen LogP) is 4.14. The van der Waals surface area contributed by atoms with Crippen molar-refractivity contribution in [3.63, 3.8) is 0 Å². The lowest BCUT2D eigenvalue weighted by Gasteiger charge is -2.26. The fraction of sp³-hybridized carbons (Fsp3) is 0.526. The van der Waals surface area contributed by atoms with Gasteiger partial charge in [0.05, 0.1) is 20.9 Å². The average Bonchev–Trinajstić information content (AvgIpc) is 3.19. The minimum atomic E-state index is -3.63. The first-order chi connectivity index (χ1) is 14.2. The monoisotopic (exact) mass is 472 g/mol. The van der Waals surface area contributed by atoms with E-state index in [-0.39, 0.29) is 27.4 Å². The van der Waals surface area contributed by atoms with E-state index >= 15 is 0 Å². The van der Waals surface area contributed by atoms with Gasteiger partial charge >= 0.3 is 0 Å². The molecule has 1 aliphatic rings. The number of piperidine rings is 1. The van der Waals surface area contributed by atoms with Crippen LogP contribution >= 0.6 is 23.4 Å². The number of carbonyl (C=O) groups is 1. The molecule has 0 aliphatic carbocycles. The molecule has 30 heavy (non-hydrogen) atoms. The maximum Gasteiger partial charge on any atom is 0.277 e. The molecule has 0 spiro atoms. The smallest absolute Gasteiger partial charge is 0.277 e. The summed E-state index contributed by atoms with van der Waals surface area (Å²) in [6, 6.07) is 4.36. The molecule has 1 unspecified atom stereocenters. The number of anilines is 1. The highest BCUT2D eigenvalue weighted by molar-refractivity contribution is 8.00. The number of benzene rings is 1. The van der Waals surface area contributed by atoms with Crippen LogP contribution < -0.4 is 5.32 Å². The van der Waals surface area contributed by atoms with Crippen LogP contribution in [0, 0.1) is 0 Å². The van der Waals surface area contributed by atoms with Crippen molar-refractivity contribution in [2.75, 3.05) is 18.4 Å². The Hall–Kier alpha value is -1.62. The molecule has 2 heterocycles. The van der Waals surface area contributed by atoms with Gasteiger partial charge in [0.25, 0.3) is 5.22 Å². The second kappa shape index (κ2) is 9.67. The molecule has 164 valence electrons. The lowest BCUT2D eigenvalue weighted by Crippen LogP contribution is -2.35. The Morgan fingerprint density at radius 1 is 1.20 bits per heavy atom. The number of hydrogen-bond acceptors (Lipinski definition) is 7. The van der Waals surface area contributed by atoms with Crippen LogP contribution in [0.4, 0.5) is 5.69 Å². The minimum Gasteiger partial charge on any atom is -0.416 e. The number of halogens is 1. The Bertz CT molecular complexity index is 1000. The Morgan fingerprint density at radius 3 is 2.53 bits per heavy atom. The average molecular weight is 473 g/mol. The third-order valence-electron chi connectivity index (χ3n) is 4.71. The molecule has 1 aliphatic heterocycles. The summed E-state index contributed by atoms with van der Waals surface area (Å²) in [6.45, 7) is 6.57. The zero-order valence-corrected chi connectivity index (χ0v) is 19.5. The van der Waals surface area contributed by atoms with E-state index in [0.717, 1.165) is 31.0 Å². The summed E-state index contributed by atoms with van der Waals surface area (Å²) in [6.07, 6.45) is 2.72. The minimum absolute atomic E-state index is 0.0966. The van der Waals surface area contributed by atoms with Gasteiger partial charge in [-0.3, -0.25) is 4.79 Å². The van der Waals surface area contributed by atoms with E-state index in [9.17, 15) is 13.2 Å². The van der Waals surface area contributed by atoms with Crippen LogP contribution in [0.3, 0.4) is 0 Å². The molecule has 2 aromatic rings. The Labute approximate surface area is 185 Å². The maximum atomic E-state index is 12.9. The first kappa shape index (κ1) is 23.1. The fourth-order valence-electron chi connectivity index (χ4n) is 2.96. The van der Waals surface area contributed by atoms with E-state index in [0.29, 0.717) is 24.2 Å². The van der Waals surface area contributed by atoms with Gasteiger partial charge in [-0.2, -0.15) is 4.31 Å². The second-order valence-electron chi connectivity index (χ2n) is 7.42. The van der Waals surface area contributed by atoms with Gasteiger partial charge in [0.1, 0.15) is 0 Å². The van der Waals surface area contributed by atoms with Crippen LogP contribution in [0.15, 0.2) is 32.7 Å². The number of amides is 1. The van der Waals surface area contributed by atoms with Gasteiger partial charge in [-0.25, -0.2) is 8.42 Å². The van der Waals surface area contributed by atoms with Crippen molar-refractivity contribution in [1.82, 2.24) is 14.5 Å². The summed E-state index contributed by atoms with van der Waals surface area (Å²) in [5.41, 5.74) is 0.251. The van der Waals surface area contributed by atoms with E-state index in [1.165, 1.54) is 22.5 Å². The standard InChI is InChI=1S/C19H25ClN4O4S2/c1-12(2)18-22-23-19(28-18)29-13(3)17(25)21-16-11-14(7-8-15(16)20)30(26,27)24-9-5-4-6-10-24/h7-8,11-13H,4-6,9-10H2,1-3H3,(H,21,25). The van der Waals surface area contributed by atoms with Gasteiger partial charge in [-0.1, -0.05) is 43.6 Å². The fourth-order valence-corrected chi connectivity index (χ4v) is 5.35. The third kappa shape index (κ3) is 5.35. The van der Waals surface area contributed by atoms with Crippen LogP contribution in [-0.4, -0.2) is 47.2 Å². The lowest BCUT2D eigenvalue weighted by molar-refractivity contribution is -0.115. The number of nitrogens with zero attached hydrogens (tertiary/aromatic N) is 3. The number of hydrogen-bond donors (Lipinski definition) is 1. The van der Waals surface area contributed by atoms with Crippen molar-refractivity contribution in [3.05, 3.63) is 29.1 Å². The number of sulfonamides is 1. The van der Waals surface area contributed by atoms with E-state index in [1.54, 1.807) is 6.92 Å². The molecule has 1 N–H and O–H groups in total. The van der Waals surface area contributed by atoms with Crippen LogP contribution in [0.25, 0.3) is 0 Å². The largest absolute Gasteiger partial charge is 0.416 e. The van der Waals surface area contributed by atoms with Gasteiger partial charge in [0.2, 0.25) is 21.8 Å². The molecule has 1 amide bonds. The van der Waals surface area contributed by atoms with E-state index in [4.69, 9.17) is 16.0 Å². The van der Waals surface area contributed by atoms with Crippen molar-refractivity contribution in [2.45, 2.75) is 61.3 Å². The van der Waals surface area contributed by atoms with Gasteiger partial charge < -0.3 is 9.73 Å². The van der Waals surface area contributed by atoms with Gasteiger partial charge in [0.15, 0.2) is 0 Å². The van der Waals surface area contributed by atoms with Crippen molar-refractivity contribution in [3.8, 4) is 0 Å². The van der Waals surface area contributed by atoms with E-state index < -0.39 is 15.3 Å². The predicted molar refractivity (Wildman–Crippen MR) is 116 cm³/mol. The number of rotatable bonds is 7. The van der Waals surface area contributed by atoms with Crippen LogP contribution in [0.1, 0.15) is 51.8 Å². The van der Waals surface area contributed by atoms with Crippen LogP contribution in [0.2, 0.25) is 5.02 Å². The maximum absolute atomic E-state index is 12.9. The van der Waals surface area contributed by atoms with E-state index in [2.05, 4.69) is 15.5 Å². The summed E-state index contributed by atoms with van der Waals surface area (Å²) >= 11 is 7.33. The highest BCUT2D eigenvalue weighted by Crippen LogP contribution is 2.30. The molecule has 0 radical (unpaired) electrons. The molecule has 1 aromatic carbocycles. The normalized spacial score (nSPS) is 16.6. The Morgan fingerprint density at radius 2 is 1.90 bits per heavy atom. The van der Waals surface area contributed by atoms with Gasteiger partial charge in [-0.05, 0) is 38.0 Å². The van der Waals surface area contributed by atoms with Crippen molar-refractivity contribution >= 4 is 45.0 Å². The summed E-state index contributed by atoms with van der Waals surface area (Å²) in [4.78, 5) is 12.7. The molecular weight excluding hydrogens is 448 g/mol. The van der Waals surface area contributed by atoms with Crippen molar-refractivity contribution < 1.29 is 17.6 Å². The number of carbonyl (C=O) groups excluding carboxylic acids is 1. The van der Waals surface area contributed by atoms with Gasteiger partial charge in [-0.15, -0.1) is 10.2 Å². The summed E-state index contributed by atoms with van der Waals surface area (Å²) in [5, 5.41) is 10.6. The highest BCUT2D eigenvalue weighted by atomic mass is 35.5. The summed E-state index contributed by atoms with van der Waals surface area (Å²) < 4.78 is 32.8. The summed E-state index contributed by atoms with van der Waals surface area (Å²) in [7, 11) is -3.63. The molecule has 1 aromatic heterocycles. The molecule has 0 saturated carbocycles. The molecule has 3 rings (SSSR count). The Balaban J connectivity index is 1.72. The quantitative estimate of drug-likeness (QED) is 0.603. The lowest BCUT2D eigenvalue weighted by atomic mass is 10.2. The zero-order chi connectivity index (χ0) is 21.9. The zero-order valence-electron chi connectivity index (χ0n) is 17.1. The van der Waals surface area contributed by atoms with Crippen molar-refractivity contribution in [1.29, 1.82) is 0 Å². The molecule has 1 fully saturated rings. The molecule has 8 nitrogen and oxygen atoms in total. The molecule has 1 atom stereocenters. The molecular formula is C19H25ClN4O4S2. The molecule has 0 bridgehead atoms. The first-order valence-corrected chi connectivity index (χ1v) is 12.5. The van der Waals surface area contributed by atoms with Crippen LogP contribution in [0.5, 0.6) is 0 Å². The number of nitrogens with one attached hydrogen (secondary N) is 1. The molecule has 1 saturated heterocycles.